The van der Waals surface area contributed by atoms with E-state index in [-0.39, 0.29) is 34.6 Å². The molecule has 2 aromatic carbocycles. The van der Waals surface area contributed by atoms with Crippen LogP contribution in [0.15, 0.2) is 41.8 Å². The Bertz CT molecular complexity index is 1230. The summed E-state index contributed by atoms with van der Waals surface area (Å²) in [5, 5.41) is 8.77. The number of ether oxygens (including phenoxy) is 4. The summed E-state index contributed by atoms with van der Waals surface area (Å²) in [7, 11) is 4.11. The first-order valence-corrected chi connectivity index (χ1v) is 10.8. The van der Waals surface area contributed by atoms with Gasteiger partial charge in [-0.3, -0.25) is 14.9 Å². The Morgan fingerprint density at radius 2 is 1.77 bits per heavy atom. The van der Waals surface area contributed by atoms with Gasteiger partial charge in [-0.15, -0.1) is 11.3 Å². The number of nitrogens with one attached hydrogen (secondary N) is 3. The molecule has 0 saturated carbocycles. The van der Waals surface area contributed by atoms with Crippen molar-refractivity contribution in [3.8, 4) is 23.0 Å². The van der Waals surface area contributed by atoms with Crippen LogP contribution in [0.2, 0.25) is 0 Å². The van der Waals surface area contributed by atoms with Gasteiger partial charge in [-0.1, -0.05) is 6.07 Å². The van der Waals surface area contributed by atoms with Crippen molar-refractivity contribution in [1.29, 1.82) is 0 Å². The van der Waals surface area contributed by atoms with Crippen LogP contribution in [0.3, 0.4) is 0 Å². The molecule has 0 aliphatic rings. The van der Waals surface area contributed by atoms with E-state index in [9.17, 15) is 18.8 Å². The smallest absolute Gasteiger partial charge is 0.325 e. The SMILES string of the molecule is COC(=O)CNC(=O)c1csc(NC(=O)Nc2cc(F)ccc2Oc2cccc(OC)c2OC)n1. The highest BCUT2D eigenvalue weighted by Gasteiger charge is 2.17. The molecule has 0 spiro atoms. The van der Waals surface area contributed by atoms with Crippen LogP contribution in [0, 0.1) is 5.82 Å². The van der Waals surface area contributed by atoms with Crippen molar-refractivity contribution in [2.24, 2.45) is 0 Å². The number of esters is 1. The predicted molar refractivity (Wildman–Crippen MR) is 125 cm³/mol. The lowest BCUT2D eigenvalue weighted by Gasteiger charge is -2.16. The predicted octanol–water partition coefficient (Wildman–Crippen LogP) is 3.64. The number of benzene rings is 2. The Kier molecular flexibility index (Phi) is 8.40. The molecule has 1 heterocycles. The number of urea groups is 1. The van der Waals surface area contributed by atoms with Crippen molar-refractivity contribution in [3.63, 3.8) is 0 Å². The number of carbonyl (C=O) groups is 3. The minimum Gasteiger partial charge on any atom is -0.493 e. The third-order valence-corrected chi connectivity index (χ3v) is 5.11. The van der Waals surface area contributed by atoms with Gasteiger partial charge in [0.15, 0.2) is 22.4 Å². The number of nitrogens with zero attached hydrogens (tertiary/aromatic N) is 1. The molecule has 0 fully saturated rings. The van der Waals surface area contributed by atoms with Gasteiger partial charge in [0.1, 0.15) is 18.1 Å². The molecule has 3 rings (SSSR count). The molecule has 35 heavy (non-hydrogen) atoms. The molecule has 3 amide bonds. The molecule has 0 unspecified atom stereocenters. The summed E-state index contributed by atoms with van der Waals surface area (Å²) in [6, 6.07) is 7.82. The van der Waals surface area contributed by atoms with Crippen LogP contribution >= 0.6 is 11.3 Å². The molecule has 0 saturated heterocycles. The fourth-order valence-electron chi connectivity index (χ4n) is 2.75. The first-order valence-electron chi connectivity index (χ1n) is 9.91. The number of halogens is 1. The van der Waals surface area contributed by atoms with Crippen LogP contribution in [0.1, 0.15) is 10.5 Å². The summed E-state index contributed by atoms with van der Waals surface area (Å²) >= 11 is 0.980. The zero-order chi connectivity index (χ0) is 25.4. The lowest BCUT2D eigenvalue weighted by molar-refractivity contribution is -0.139. The fraction of sp³-hybridized carbons (Fsp3) is 0.182. The number of methoxy groups -OCH3 is 3. The fourth-order valence-corrected chi connectivity index (χ4v) is 3.43. The van der Waals surface area contributed by atoms with Gasteiger partial charge >= 0.3 is 12.0 Å². The zero-order valence-corrected chi connectivity index (χ0v) is 19.7. The summed E-state index contributed by atoms with van der Waals surface area (Å²) in [6.07, 6.45) is 0. The van der Waals surface area contributed by atoms with E-state index < -0.39 is 23.7 Å². The highest BCUT2D eigenvalue weighted by Crippen LogP contribution is 2.41. The summed E-state index contributed by atoms with van der Waals surface area (Å²) in [5.74, 6) is -0.687. The second-order valence-corrected chi connectivity index (χ2v) is 7.47. The van der Waals surface area contributed by atoms with E-state index in [1.165, 1.54) is 38.8 Å². The number of amides is 3. The minimum absolute atomic E-state index is 0.00546. The number of thiazole rings is 1. The van der Waals surface area contributed by atoms with Gasteiger partial charge in [0.25, 0.3) is 5.91 Å². The Labute approximate surface area is 203 Å². The lowest BCUT2D eigenvalue weighted by Crippen LogP contribution is -2.30. The zero-order valence-electron chi connectivity index (χ0n) is 18.8. The van der Waals surface area contributed by atoms with E-state index in [2.05, 4.69) is 25.7 Å². The number of hydrogen-bond acceptors (Lipinski definition) is 9. The number of aromatic nitrogens is 1. The first kappa shape index (κ1) is 25.2. The molecule has 0 aliphatic heterocycles. The van der Waals surface area contributed by atoms with Gasteiger partial charge in [-0.2, -0.15) is 0 Å². The van der Waals surface area contributed by atoms with Crippen LogP contribution in [0.25, 0.3) is 0 Å². The van der Waals surface area contributed by atoms with E-state index in [1.807, 2.05) is 0 Å². The topological polar surface area (TPSA) is 137 Å². The monoisotopic (exact) mass is 504 g/mol. The number of rotatable bonds is 9. The minimum atomic E-state index is -0.756. The van der Waals surface area contributed by atoms with Crippen LogP contribution in [-0.4, -0.2) is 50.8 Å². The molecule has 0 atom stereocenters. The molecule has 0 bridgehead atoms. The molecule has 1 aromatic heterocycles. The van der Waals surface area contributed by atoms with E-state index in [0.29, 0.717) is 11.5 Å². The van der Waals surface area contributed by atoms with Gasteiger partial charge in [-0.25, -0.2) is 14.2 Å². The molecule has 13 heteroatoms. The van der Waals surface area contributed by atoms with Gasteiger partial charge < -0.3 is 29.6 Å². The molecular formula is C22H21FN4O7S. The number of carbonyl (C=O) groups excluding carboxylic acids is 3. The molecule has 0 radical (unpaired) electrons. The molecule has 11 nitrogen and oxygen atoms in total. The molecule has 0 aliphatic carbocycles. The van der Waals surface area contributed by atoms with E-state index in [1.54, 1.807) is 18.2 Å². The average Bonchev–Trinajstić information content (AvgIpc) is 3.32. The van der Waals surface area contributed by atoms with Crippen LogP contribution in [0.5, 0.6) is 23.0 Å². The summed E-state index contributed by atoms with van der Waals surface area (Å²) in [4.78, 5) is 39.7. The van der Waals surface area contributed by atoms with E-state index in [4.69, 9.17) is 14.2 Å². The third kappa shape index (κ3) is 6.57. The van der Waals surface area contributed by atoms with Crippen LogP contribution in [-0.2, 0) is 9.53 Å². The molecular weight excluding hydrogens is 483 g/mol. The van der Waals surface area contributed by atoms with Crippen molar-refractivity contribution in [3.05, 3.63) is 53.3 Å². The summed E-state index contributed by atoms with van der Waals surface area (Å²) < 4.78 is 34.8. The highest BCUT2D eigenvalue weighted by molar-refractivity contribution is 7.14. The second-order valence-electron chi connectivity index (χ2n) is 6.61. The quantitative estimate of drug-likeness (QED) is 0.376. The lowest BCUT2D eigenvalue weighted by atomic mass is 10.2. The Balaban J connectivity index is 1.71. The summed E-state index contributed by atoms with van der Waals surface area (Å²) in [6.45, 7) is -0.323. The highest BCUT2D eigenvalue weighted by atomic mass is 32.1. The molecule has 3 N–H and O–H groups in total. The van der Waals surface area contributed by atoms with E-state index >= 15 is 0 Å². The van der Waals surface area contributed by atoms with Gasteiger partial charge in [-0.05, 0) is 24.3 Å². The Morgan fingerprint density at radius 1 is 1.00 bits per heavy atom. The Morgan fingerprint density at radius 3 is 2.49 bits per heavy atom. The third-order valence-electron chi connectivity index (χ3n) is 4.35. The summed E-state index contributed by atoms with van der Waals surface area (Å²) in [5.41, 5.74) is 0.0223. The van der Waals surface area contributed by atoms with Crippen molar-refractivity contribution in [1.82, 2.24) is 10.3 Å². The van der Waals surface area contributed by atoms with Crippen LogP contribution in [0.4, 0.5) is 20.0 Å². The number of para-hydroxylation sites is 1. The molecule has 184 valence electrons. The molecule has 3 aromatic rings. The largest absolute Gasteiger partial charge is 0.493 e. The second kappa shape index (κ2) is 11.7. The number of anilines is 2. The normalized spacial score (nSPS) is 10.2. The van der Waals surface area contributed by atoms with Crippen molar-refractivity contribution >= 4 is 40.1 Å². The van der Waals surface area contributed by atoms with Crippen LogP contribution < -0.4 is 30.2 Å². The van der Waals surface area contributed by atoms with Gasteiger partial charge in [0.05, 0.1) is 27.0 Å². The standard InChI is InChI=1S/C22H21FN4O7S/c1-31-16-5-4-6-17(19(16)33-3)34-15-8-7-12(23)9-13(15)25-21(30)27-22-26-14(11-35-22)20(29)24-10-18(28)32-2/h4-9,11H,10H2,1-3H3,(H,24,29)(H2,25,26,27,30). The maximum atomic E-state index is 13.9. The average molecular weight is 504 g/mol. The maximum absolute atomic E-state index is 13.9. The van der Waals surface area contributed by atoms with Gasteiger partial charge in [0.2, 0.25) is 5.75 Å². The van der Waals surface area contributed by atoms with Crippen molar-refractivity contribution in [2.75, 3.05) is 38.5 Å². The number of hydrogen-bond donors (Lipinski definition) is 3. The Hall–Kier alpha value is -4.39. The van der Waals surface area contributed by atoms with E-state index in [0.717, 1.165) is 17.4 Å². The first-order chi connectivity index (χ1) is 16.8. The van der Waals surface area contributed by atoms with Gasteiger partial charge in [0, 0.05) is 11.4 Å². The van der Waals surface area contributed by atoms with Crippen molar-refractivity contribution in [2.45, 2.75) is 0 Å². The maximum Gasteiger partial charge on any atom is 0.325 e. The van der Waals surface area contributed by atoms with Crippen molar-refractivity contribution < 1.29 is 37.7 Å².